The molecular formula is C11H15N3O4S. The van der Waals surface area contributed by atoms with Crippen LogP contribution in [0.3, 0.4) is 0 Å². The Bertz CT molecular complexity index is 567. The van der Waals surface area contributed by atoms with E-state index in [1.165, 1.54) is 18.2 Å². The van der Waals surface area contributed by atoms with E-state index in [2.05, 4.69) is 5.32 Å². The van der Waals surface area contributed by atoms with Crippen molar-refractivity contribution in [3.63, 3.8) is 0 Å². The third-order valence-corrected chi connectivity index (χ3v) is 3.62. The molecule has 2 amide bonds. The molecule has 8 heteroatoms. The molecule has 1 heterocycles. The number of ether oxygens (including phenoxy) is 1. The highest BCUT2D eigenvalue weighted by atomic mass is 32.2. The first kappa shape index (κ1) is 13.8. The molecule has 0 aromatic heterocycles. The molecule has 0 saturated carbocycles. The lowest BCUT2D eigenvalue weighted by molar-refractivity contribution is 0.0564. The smallest absolute Gasteiger partial charge is 0.322 e. The van der Waals surface area contributed by atoms with Gasteiger partial charge in [0.05, 0.1) is 18.1 Å². The van der Waals surface area contributed by atoms with Crippen molar-refractivity contribution in [3.05, 3.63) is 24.3 Å². The zero-order valence-corrected chi connectivity index (χ0v) is 11.0. The number of rotatable bonds is 2. The highest BCUT2D eigenvalue weighted by Gasteiger charge is 2.17. The van der Waals surface area contributed by atoms with Gasteiger partial charge < -0.3 is 15.0 Å². The normalized spacial score (nSPS) is 16.2. The number of amides is 2. The van der Waals surface area contributed by atoms with Gasteiger partial charge in [-0.25, -0.2) is 18.4 Å². The van der Waals surface area contributed by atoms with Gasteiger partial charge in [-0.15, -0.1) is 0 Å². The summed E-state index contributed by atoms with van der Waals surface area (Å²) in [5.41, 5.74) is 0.392. The molecule has 0 bridgehead atoms. The summed E-state index contributed by atoms with van der Waals surface area (Å²) in [5.74, 6) is 0. The fraction of sp³-hybridized carbons (Fsp3) is 0.364. The monoisotopic (exact) mass is 285 g/mol. The summed E-state index contributed by atoms with van der Waals surface area (Å²) in [6, 6.07) is 5.55. The number of hydrogen-bond acceptors (Lipinski definition) is 4. The second kappa shape index (κ2) is 5.55. The largest absolute Gasteiger partial charge is 0.378 e. The van der Waals surface area contributed by atoms with Gasteiger partial charge in [-0.2, -0.15) is 0 Å². The third-order valence-electron chi connectivity index (χ3n) is 2.71. The molecule has 19 heavy (non-hydrogen) atoms. The van der Waals surface area contributed by atoms with Crippen molar-refractivity contribution >= 4 is 21.7 Å². The van der Waals surface area contributed by atoms with Gasteiger partial charge >= 0.3 is 6.03 Å². The Morgan fingerprint density at radius 1 is 1.32 bits per heavy atom. The van der Waals surface area contributed by atoms with Gasteiger partial charge in [-0.05, 0) is 18.2 Å². The van der Waals surface area contributed by atoms with Crippen LogP contribution in [0.1, 0.15) is 0 Å². The van der Waals surface area contributed by atoms with Crippen LogP contribution in [0.15, 0.2) is 29.2 Å². The number of sulfonamides is 1. The number of nitrogens with two attached hydrogens (primary N) is 1. The zero-order chi connectivity index (χ0) is 13.9. The summed E-state index contributed by atoms with van der Waals surface area (Å²) >= 11 is 0. The van der Waals surface area contributed by atoms with Gasteiger partial charge in [0.1, 0.15) is 0 Å². The fourth-order valence-corrected chi connectivity index (χ4v) is 2.28. The van der Waals surface area contributed by atoms with Crippen LogP contribution in [0.25, 0.3) is 0 Å². The number of anilines is 1. The van der Waals surface area contributed by atoms with E-state index in [0.29, 0.717) is 32.0 Å². The Labute approximate surface area is 111 Å². The molecular weight excluding hydrogens is 270 g/mol. The van der Waals surface area contributed by atoms with Gasteiger partial charge in [-0.3, -0.25) is 0 Å². The molecule has 1 aliphatic heterocycles. The van der Waals surface area contributed by atoms with Gasteiger partial charge in [0, 0.05) is 18.8 Å². The van der Waals surface area contributed by atoms with Crippen molar-refractivity contribution in [3.8, 4) is 0 Å². The minimum atomic E-state index is -3.77. The van der Waals surface area contributed by atoms with Crippen LogP contribution in [0.2, 0.25) is 0 Å². The molecule has 0 spiro atoms. The molecule has 7 nitrogen and oxygen atoms in total. The lowest BCUT2D eigenvalue weighted by Crippen LogP contribution is -2.43. The molecule has 3 N–H and O–H groups in total. The average Bonchev–Trinajstić information content (AvgIpc) is 2.39. The Morgan fingerprint density at radius 3 is 2.63 bits per heavy atom. The number of benzene rings is 1. The molecule has 1 saturated heterocycles. The lowest BCUT2D eigenvalue weighted by atomic mass is 10.3. The zero-order valence-electron chi connectivity index (χ0n) is 10.2. The van der Waals surface area contributed by atoms with Gasteiger partial charge in [0.15, 0.2) is 0 Å². The summed E-state index contributed by atoms with van der Waals surface area (Å²) < 4.78 is 27.6. The standard InChI is InChI=1S/C11H15N3O4S/c12-19(16,17)10-3-1-2-9(8-10)13-11(15)14-4-6-18-7-5-14/h1-3,8H,4-7H2,(H,13,15)(H2,12,16,17). The van der Waals surface area contributed by atoms with E-state index in [4.69, 9.17) is 9.88 Å². The number of carbonyl (C=O) groups excluding carboxylic acids is 1. The molecule has 2 rings (SSSR count). The minimum Gasteiger partial charge on any atom is -0.378 e. The number of urea groups is 1. The van der Waals surface area contributed by atoms with E-state index in [-0.39, 0.29) is 10.9 Å². The molecule has 104 valence electrons. The number of primary sulfonamides is 1. The summed E-state index contributed by atoms with van der Waals surface area (Å²) in [7, 11) is -3.77. The number of morpholine rings is 1. The molecule has 1 aromatic rings. The number of nitrogens with zero attached hydrogens (tertiary/aromatic N) is 1. The Kier molecular flexibility index (Phi) is 4.03. The molecule has 1 fully saturated rings. The first-order valence-electron chi connectivity index (χ1n) is 5.73. The number of hydrogen-bond donors (Lipinski definition) is 2. The predicted molar refractivity (Wildman–Crippen MR) is 69.2 cm³/mol. The van der Waals surface area contributed by atoms with Crippen molar-refractivity contribution in [1.29, 1.82) is 0 Å². The maximum atomic E-state index is 11.9. The fourth-order valence-electron chi connectivity index (χ4n) is 1.72. The van der Waals surface area contributed by atoms with E-state index in [1.807, 2.05) is 0 Å². The van der Waals surface area contributed by atoms with Crippen molar-refractivity contribution < 1.29 is 17.9 Å². The van der Waals surface area contributed by atoms with Crippen LogP contribution >= 0.6 is 0 Å². The van der Waals surface area contributed by atoms with Gasteiger partial charge in [0.2, 0.25) is 10.0 Å². The molecule has 0 atom stereocenters. The lowest BCUT2D eigenvalue weighted by Gasteiger charge is -2.26. The van der Waals surface area contributed by atoms with E-state index in [0.717, 1.165) is 0 Å². The SMILES string of the molecule is NS(=O)(=O)c1cccc(NC(=O)N2CCOCC2)c1. The van der Waals surface area contributed by atoms with E-state index < -0.39 is 10.0 Å². The van der Waals surface area contributed by atoms with Crippen LogP contribution in [-0.2, 0) is 14.8 Å². The van der Waals surface area contributed by atoms with Crippen molar-refractivity contribution in [1.82, 2.24) is 4.90 Å². The summed E-state index contributed by atoms with van der Waals surface area (Å²) in [6.45, 7) is 2.04. The summed E-state index contributed by atoms with van der Waals surface area (Å²) in [5, 5.41) is 7.67. The van der Waals surface area contributed by atoms with Crippen LogP contribution in [0, 0.1) is 0 Å². The quantitative estimate of drug-likeness (QED) is 0.810. The highest BCUT2D eigenvalue weighted by Crippen LogP contribution is 2.14. The topological polar surface area (TPSA) is 102 Å². The second-order valence-electron chi connectivity index (χ2n) is 4.10. The first-order chi connectivity index (χ1) is 8.97. The van der Waals surface area contributed by atoms with Crippen molar-refractivity contribution in [2.24, 2.45) is 5.14 Å². The Hall–Kier alpha value is -1.64. The maximum Gasteiger partial charge on any atom is 0.322 e. The van der Waals surface area contributed by atoms with Gasteiger partial charge in [-0.1, -0.05) is 6.07 Å². The molecule has 1 aromatic carbocycles. The van der Waals surface area contributed by atoms with Crippen molar-refractivity contribution in [2.75, 3.05) is 31.6 Å². The Balaban J connectivity index is 2.08. The average molecular weight is 285 g/mol. The Morgan fingerprint density at radius 2 is 2.00 bits per heavy atom. The molecule has 0 radical (unpaired) electrons. The summed E-state index contributed by atoms with van der Waals surface area (Å²) in [6.07, 6.45) is 0. The molecule has 0 unspecified atom stereocenters. The van der Waals surface area contributed by atoms with Crippen LogP contribution in [0.4, 0.5) is 10.5 Å². The maximum absolute atomic E-state index is 11.9. The summed E-state index contributed by atoms with van der Waals surface area (Å²) in [4.78, 5) is 13.5. The van der Waals surface area contributed by atoms with Gasteiger partial charge in [0.25, 0.3) is 0 Å². The van der Waals surface area contributed by atoms with Crippen LogP contribution in [-0.4, -0.2) is 45.7 Å². The van der Waals surface area contributed by atoms with Crippen LogP contribution < -0.4 is 10.5 Å². The predicted octanol–water partition coefficient (Wildman–Crippen LogP) is 0.198. The van der Waals surface area contributed by atoms with Crippen molar-refractivity contribution in [2.45, 2.75) is 4.90 Å². The highest BCUT2D eigenvalue weighted by molar-refractivity contribution is 7.89. The van der Waals surface area contributed by atoms with E-state index in [9.17, 15) is 13.2 Å². The number of carbonyl (C=O) groups is 1. The van der Waals surface area contributed by atoms with E-state index >= 15 is 0 Å². The van der Waals surface area contributed by atoms with E-state index in [1.54, 1.807) is 11.0 Å². The third kappa shape index (κ3) is 3.66. The minimum absolute atomic E-state index is 0.0349. The van der Waals surface area contributed by atoms with Crippen LogP contribution in [0.5, 0.6) is 0 Å². The first-order valence-corrected chi connectivity index (χ1v) is 7.28. The molecule has 1 aliphatic rings. The molecule has 0 aliphatic carbocycles. The number of nitrogens with one attached hydrogen (secondary N) is 1. The second-order valence-corrected chi connectivity index (χ2v) is 5.66.